The van der Waals surface area contributed by atoms with Gasteiger partial charge in [0.25, 0.3) is 0 Å². The van der Waals surface area contributed by atoms with Crippen LogP contribution in [-0.4, -0.2) is 73.7 Å². The van der Waals surface area contributed by atoms with E-state index in [4.69, 9.17) is 10.5 Å². The first-order valence-corrected chi connectivity index (χ1v) is 7.85. The lowest BCUT2D eigenvalue weighted by atomic mass is 10.0. The summed E-state index contributed by atoms with van der Waals surface area (Å²) in [4.78, 5) is 27.3. The Hall–Kier alpha value is -1.60. The molecular formula is C15H26N4O3. The zero-order chi connectivity index (χ0) is 15.9. The highest BCUT2D eigenvalue weighted by Crippen LogP contribution is 2.11. The molecule has 0 spiro atoms. The van der Waals surface area contributed by atoms with E-state index in [2.05, 4.69) is 16.3 Å². The number of morpholine rings is 1. The summed E-state index contributed by atoms with van der Waals surface area (Å²) in [6.45, 7) is 2.54. The summed E-state index contributed by atoms with van der Waals surface area (Å²) in [5.74, 6) is -0.515. The highest BCUT2D eigenvalue weighted by atomic mass is 16.5. The fraction of sp³-hybridized carbons (Fsp3) is 0.733. The SMILES string of the molecule is CN1CCO[C@H](CN(CC(N)=O)C(=O)N[C@H]2C=CCCC2)C1. The number of ether oxygens (including phenoxy) is 1. The van der Waals surface area contributed by atoms with Gasteiger partial charge in [0.15, 0.2) is 0 Å². The van der Waals surface area contributed by atoms with E-state index in [9.17, 15) is 9.59 Å². The molecule has 1 aliphatic heterocycles. The standard InChI is InChI=1S/C15H26N4O3/c1-18-7-8-22-13(9-18)10-19(11-14(16)20)15(21)17-12-5-3-2-4-6-12/h3,5,12-13H,2,4,6-11H2,1H3,(H2,16,20)(H,17,21)/t12-,13-/m0/s1. The average molecular weight is 310 g/mol. The van der Waals surface area contributed by atoms with Crippen LogP contribution in [0.5, 0.6) is 0 Å². The van der Waals surface area contributed by atoms with E-state index in [1.54, 1.807) is 0 Å². The normalized spacial score (nSPS) is 25.7. The van der Waals surface area contributed by atoms with Crippen LogP contribution in [0.1, 0.15) is 19.3 Å². The Labute approximate surface area is 131 Å². The molecule has 0 bridgehead atoms. The molecule has 1 fully saturated rings. The first-order valence-electron chi connectivity index (χ1n) is 7.85. The second kappa shape index (κ2) is 8.14. The van der Waals surface area contributed by atoms with E-state index in [-0.39, 0.29) is 24.7 Å². The zero-order valence-electron chi connectivity index (χ0n) is 13.2. The predicted molar refractivity (Wildman–Crippen MR) is 83.3 cm³/mol. The van der Waals surface area contributed by atoms with Crippen molar-refractivity contribution in [1.82, 2.24) is 15.1 Å². The maximum atomic E-state index is 12.4. The summed E-state index contributed by atoms with van der Waals surface area (Å²) in [5, 5.41) is 2.95. The van der Waals surface area contributed by atoms with E-state index in [0.717, 1.165) is 32.4 Å². The molecule has 22 heavy (non-hydrogen) atoms. The van der Waals surface area contributed by atoms with E-state index in [1.165, 1.54) is 4.90 Å². The van der Waals surface area contributed by atoms with Crippen molar-refractivity contribution in [1.29, 1.82) is 0 Å². The van der Waals surface area contributed by atoms with E-state index in [1.807, 2.05) is 13.1 Å². The third-order valence-corrected chi connectivity index (χ3v) is 3.96. The predicted octanol–water partition coefficient (Wildman–Crippen LogP) is -0.0774. The van der Waals surface area contributed by atoms with Crippen LogP contribution < -0.4 is 11.1 Å². The second-order valence-corrected chi connectivity index (χ2v) is 6.02. The monoisotopic (exact) mass is 310 g/mol. The molecule has 0 radical (unpaired) electrons. The summed E-state index contributed by atoms with van der Waals surface area (Å²) in [7, 11) is 2.01. The number of nitrogens with one attached hydrogen (secondary N) is 1. The Kier molecular flexibility index (Phi) is 6.21. The summed E-state index contributed by atoms with van der Waals surface area (Å²) in [5.41, 5.74) is 5.27. The number of allylic oxidation sites excluding steroid dienone is 1. The number of likely N-dealkylation sites (N-methyl/N-ethyl adjacent to an activating group) is 1. The highest BCUT2D eigenvalue weighted by molar-refractivity contribution is 5.83. The Bertz CT molecular complexity index is 427. The zero-order valence-corrected chi connectivity index (χ0v) is 13.2. The highest BCUT2D eigenvalue weighted by Gasteiger charge is 2.25. The van der Waals surface area contributed by atoms with Crippen LogP contribution in [-0.2, 0) is 9.53 Å². The van der Waals surface area contributed by atoms with Crippen LogP contribution in [0.15, 0.2) is 12.2 Å². The largest absolute Gasteiger partial charge is 0.374 e. The van der Waals surface area contributed by atoms with Gasteiger partial charge in [0.2, 0.25) is 5.91 Å². The molecule has 0 unspecified atom stereocenters. The lowest BCUT2D eigenvalue weighted by molar-refractivity contribution is -0.119. The molecule has 2 aliphatic rings. The Morgan fingerprint density at radius 2 is 2.32 bits per heavy atom. The van der Waals surface area contributed by atoms with Crippen LogP contribution in [0.4, 0.5) is 4.79 Å². The maximum absolute atomic E-state index is 12.4. The minimum Gasteiger partial charge on any atom is -0.374 e. The number of nitrogens with two attached hydrogens (primary N) is 1. The lowest BCUT2D eigenvalue weighted by Gasteiger charge is -2.34. The van der Waals surface area contributed by atoms with Crippen molar-refractivity contribution in [3.63, 3.8) is 0 Å². The smallest absolute Gasteiger partial charge is 0.318 e. The first kappa shape index (κ1) is 16.8. The van der Waals surface area contributed by atoms with Crippen molar-refractivity contribution in [3.05, 3.63) is 12.2 Å². The summed E-state index contributed by atoms with van der Waals surface area (Å²) in [6, 6.07) is -0.223. The minimum atomic E-state index is -0.515. The van der Waals surface area contributed by atoms with Gasteiger partial charge >= 0.3 is 6.03 Å². The van der Waals surface area contributed by atoms with Gasteiger partial charge in [0, 0.05) is 19.1 Å². The first-order chi connectivity index (χ1) is 10.5. The number of rotatable bonds is 5. The van der Waals surface area contributed by atoms with E-state index >= 15 is 0 Å². The lowest BCUT2D eigenvalue weighted by Crippen LogP contribution is -2.53. The third-order valence-electron chi connectivity index (χ3n) is 3.96. The van der Waals surface area contributed by atoms with Gasteiger partial charge in [-0.1, -0.05) is 12.2 Å². The molecule has 1 saturated heterocycles. The van der Waals surface area contributed by atoms with Crippen molar-refractivity contribution in [3.8, 4) is 0 Å². The van der Waals surface area contributed by atoms with E-state index < -0.39 is 5.91 Å². The van der Waals surface area contributed by atoms with Gasteiger partial charge in [0.05, 0.1) is 19.3 Å². The van der Waals surface area contributed by atoms with Crippen LogP contribution in [0.2, 0.25) is 0 Å². The number of carbonyl (C=O) groups is 2. The van der Waals surface area contributed by atoms with Crippen molar-refractivity contribution < 1.29 is 14.3 Å². The number of carbonyl (C=O) groups excluding carboxylic acids is 2. The molecule has 0 aromatic rings. The van der Waals surface area contributed by atoms with Gasteiger partial charge < -0.3 is 25.6 Å². The molecule has 0 aromatic heterocycles. The molecule has 2 rings (SSSR count). The molecule has 124 valence electrons. The quantitative estimate of drug-likeness (QED) is 0.695. The maximum Gasteiger partial charge on any atom is 0.318 e. The Morgan fingerprint density at radius 1 is 1.50 bits per heavy atom. The van der Waals surface area contributed by atoms with Crippen LogP contribution in [0.25, 0.3) is 0 Å². The number of nitrogens with zero attached hydrogens (tertiary/aromatic N) is 2. The van der Waals surface area contributed by atoms with Crippen molar-refractivity contribution in [2.75, 3.05) is 39.8 Å². The van der Waals surface area contributed by atoms with Crippen LogP contribution in [0.3, 0.4) is 0 Å². The third kappa shape index (κ3) is 5.31. The van der Waals surface area contributed by atoms with Gasteiger partial charge in [0.1, 0.15) is 6.54 Å². The van der Waals surface area contributed by atoms with E-state index in [0.29, 0.717) is 13.2 Å². The molecule has 1 aliphatic carbocycles. The molecule has 3 amide bonds. The van der Waals surface area contributed by atoms with Gasteiger partial charge in [-0.25, -0.2) is 4.79 Å². The molecule has 7 nitrogen and oxygen atoms in total. The topological polar surface area (TPSA) is 87.9 Å². The molecule has 1 heterocycles. The number of hydrogen-bond donors (Lipinski definition) is 2. The molecule has 0 saturated carbocycles. The van der Waals surface area contributed by atoms with Crippen molar-refractivity contribution >= 4 is 11.9 Å². The van der Waals surface area contributed by atoms with Gasteiger partial charge in [-0.2, -0.15) is 0 Å². The van der Waals surface area contributed by atoms with Crippen LogP contribution >= 0.6 is 0 Å². The number of hydrogen-bond acceptors (Lipinski definition) is 4. The van der Waals surface area contributed by atoms with Gasteiger partial charge in [-0.15, -0.1) is 0 Å². The fourth-order valence-corrected chi connectivity index (χ4v) is 2.81. The molecule has 2 atom stereocenters. The second-order valence-electron chi connectivity index (χ2n) is 6.02. The number of urea groups is 1. The number of primary amides is 1. The van der Waals surface area contributed by atoms with Gasteiger partial charge in [-0.3, -0.25) is 4.79 Å². The van der Waals surface area contributed by atoms with Crippen molar-refractivity contribution in [2.24, 2.45) is 5.73 Å². The minimum absolute atomic E-state index is 0.0339. The number of amides is 3. The fourth-order valence-electron chi connectivity index (χ4n) is 2.81. The average Bonchev–Trinajstić information content (AvgIpc) is 2.47. The summed E-state index contributed by atoms with van der Waals surface area (Å²) >= 11 is 0. The van der Waals surface area contributed by atoms with Crippen molar-refractivity contribution in [2.45, 2.75) is 31.4 Å². The molecular weight excluding hydrogens is 284 g/mol. The summed E-state index contributed by atoms with van der Waals surface area (Å²) < 4.78 is 5.67. The van der Waals surface area contributed by atoms with Gasteiger partial charge in [-0.05, 0) is 26.3 Å². The van der Waals surface area contributed by atoms with Crippen LogP contribution in [0, 0.1) is 0 Å². The molecule has 7 heteroatoms. The Morgan fingerprint density at radius 3 is 2.95 bits per heavy atom. The molecule has 0 aromatic carbocycles. The summed E-state index contributed by atoms with van der Waals surface area (Å²) in [6.07, 6.45) is 7.04. The molecule has 3 N–H and O–H groups in total. The Balaban J connectivity index is 1.91.